The summed E-state index contributed by atoms with van der Waals surface area (Å²) in [7, 11) is 0. The van der Waals surface area contributed by atoms with Crippen LogP contribution in [0.3, 0.4) is 0 Å². The molecule has 3 aromatic heterocycles. The van der Waals surface area contributed by atoms with Gasteiger partial charge in [-0.1, -0.05) is 11.3 Å². The summed E-state index contributed by atoms with van der Waals surface area (Å²) in [4.78, 5) is 23.4. The van der Waals surface area contributed by atoms with Crippen LogP contribution in [-0.4, -0.2) is 33.6 Å². The lowest BCUT2D eigenvalue weighted by Gasteiger charge is -2.18. The largest absolute Gasteiger partial charge is 0.494 e. The molecule has 0 aliphatic rings. The highest BCUT2D eigenvalue weighted by molar-refractivity contribution is 7.22. The molecule has 1 amide bonds. The van der Waals surface area contributed by atoms with Crippen LogP contribution in [0.15, 0.2) is 59.7 Å². The molecule has 0 aliphatic heterocycles. The molecule has 144 valence electrons. The highest BCUT2D eigenvalue weighted by atomic mass is 32.1. The van der Waals surface area contributed by atoms with Gasteiger partial charge >= 0.3 is 0 Å². The maximum atomic E-state index is 13.0. The van der Waals surface area contributed by atoms with Crippen LogP contribution < -0.4 is 9.64 Å². The molecule has 0 fully saturated rings. The average molecular weight is 396 g/mol. The van der Waals surface area contributed by atoms with E-state index >= 15 is 0 Å². The Kier molecular flexibility index (Phi) is 5.38. The molecule has 4 rings (SSSR count). The van der Waals surface area contributed by atoms with Gasteiger partial charge < -0.3 is 13.7 Å². The topological polar surface area (TPSA) is 73.4 Å². The van der Waals surface area contributed by atoms with Gasteiger partial charge in [-0.25, -0.2) is 9.97 Å². The number of amides is 1. The number of benzene rings is 1. The van der Waals surface area contributed by atoms with Gasteiger partial charge in [0.15, 0.2) is 10.9 Å². The fourth-order valence-corrected chi connectivity index (χ4v) is 3.93. The number of anilines is 1. The van der Waals surface area contributed by atoms with E-state index in [2.05, 4.69) is 9.97 Å². The second-order valence-corrected chi connectivity index (χ2v) is 7.16. The maximum Gasteiger partial charge on any atom is 0.295 e. The third-order valence-corrected chi connectivity index (χ3v) is 5.27. The van der Waals surface area contributed by atoms with Crippen LogP contribution in [0, 0.1) is 0 Å². The van der Waals surface area contributed by atoms with Crippen LogP contribution in [0.25, 0.3) is 10.2 Å². The zero-order valence-corrected chi connectivity index (χ0v) is 16.3. The van der Waals surface area contributed by atoms with E-state index in [0.29, 0.717) is 24.0 Å². The van der Waals surface area contributed by atoms with Crippen molar-refractivity contribution < 1.29 is 13.9 Å². The standard InChI is InChI=1S/C20H20N4O3S/c1-2-26-15-6-7-16-18(13-15)28-20(22-16)24(19(25)17-5-3-12-27-17)10-4-9-23-11-8-21-14-23/h3,5-8,11-14H,2,4,9-10H2,1H3. The molecule has 0 saturated carbocycles. The Labute approximate surface area is 166 Å². The number of nitrogens with zero attached hydrogens (tertiary/aromatic N) is 4. The number of carbonyl (C=O) groups excluding carboxylic acids is 1. The molecule has 3 heterocycles. The number of furan rings is 1. The third kappa shape index (κ3) is 3.91. The summed E-state index contributed by atoms with van der Waals surface area (Å²) in [5, 5.41) is 0.649. The van der Waals surface area contributed by atoms with Crippen molar-refractivity contribution >= 4 is 32.6 Å². The Balaban J connectivity index is 1.60. The zero-order valence-electron chi connectivity index (χ0n) is 15.4. The molecular weight excluding hydrogens is 376 g/mol. The van der Waals surface area contributed by atoms with Gasteiger partial charge in [-0.2, -0.15) is 0 Å². The van der Waals surface area contributed by atoms with Crippen molar-refractivity contribution in [3.05, 3.63) is 61.1 Å². The molecule has 28 heavy (non-hydrogen) atoms. The number of carbonyl (C=O) groups is 1. The summed E-state index contributed by atoms with van der Waals surface area (Å²) < 4.78 is 13.9. The molecule has 0 bridgehead atoms. The van der Waals surface area contributed by atoms with Crippen molar-refractivity contribution in [3.8, 4) is 5.75 Å². The number of aryl methyl sites for hydroxylation is 1. The molecule has 0 radical (unpaired) electrons. The Morgan fingerprint density at radius 3 is 3.04 bits per heavy atom. The Bertz CT molecular complexity index is 1040. The van der Waals surface area contributed by atoms with Gasteiger partial charge in [-0.05, 0) is 43.7 Å². The molecule has 0 atom stereocenters. The summed E-state index contributed by atoms with van der Waals surface area (Å²) in [5.41, 5.74) is 0.843. The quantitative estimate of drug-likeness (QED) is 0.446. The minimum Gasteiger partial charge on any atom is -0.494 e. The highest BCUT2D eigenvalue weighted by Gasteiger charge is 2.23. The summed E-state index contributed by atoms with van der Waals surface area (Å²) >= 11 is 1.47. The lowest BCUT2D eigenvalue weighted by atomic mass is 10.3. The van der Waals surface area contributed by atoms with Crippen molar-refractivity contribution in [2.45, 2.75) is 19.9 Å². The Morgan fingerprint density at radius 2 is 2.29 bits per heavy atom. The number of hydrogen-bond acceptors (Lipinski definition) is 6. The van der Waals surface area contributed by atoms with Crippen molar-refractivity contribution in [1.29, 1.82) is 0 Å². The molecule has 0 aliphatic carbocycles. The fraction of sp³-hybridized carbons (Fsp3) is 0.250. The summed E-state index contributed by atoms with van der Waals surface area (Å²) in [6, 6.07) is 9.16. The van der Waals surface area contributed by atoms with Crippen LogP contribution in [0.1, 0.15) is 23.9 Å². The number of ether oxygens (including phenoxy) is 1. The van der Waals surface area contributed by atoms with Crippen LogP contribution >= 0.6 is 11.3 Å². The van der Waals surface area contributed by atoms with Gasteiger partial charge in [0.2, 0.25) is 0 Å². The van der Waals surface area contributed by atoms with E-state index in [0.717, 1.165) is 28.9 Å². The Hall–Kier alpha value is -3.13. The van der Waals surface area contributed by atoms with Gasteiger partial charge in [0.05, 0.1) is 29.4 Å². The smallest absolute Gasteiger partial charge is 0.295 e. The number of rotatable bonds is 8. The predicted octanol–water partition coefficient (Wildman–Crippen LogP) is 4.22. The van der Waals surface area contributed by atoms with E-state index in [1.807, 2.05) is 35.9 Å². The number of thiazole rings is 1. The van der Waals surface area contributed by atoms with E-state index in [1.54, 1.807) is 29.6 Å². The van der Waals surface area contributed by atoms with E-state index in [1.165, 1.54) is 17.6 Å². The van der Waals surface area contributed by atoms with Gasteiger partial charge in [-0.3, -0.25) is 9.69 Å². The van der Waals surface area contributed by atoms with E-state index in [9.17, 15) is 4.79 Å². The fourth-order valence-electron chi connectivity index (χ4n) is 2.91. The maximum absolute atomic E-state index is 13.0. The summed E-state index contributed by atoms with van der Waals surface area (Å²) in [6.07, 6.45) is 7.69. The SMILES string of the molecule is CCOc1ccc2nc(N(CCCn3ccnc3)C(=O)c3ccco3)sc2c1. The van der Waals surface area contributed by atoms with Crippen LogP contribution in [0.5, 0.6) is 5.75 Å². The number of hydrogen-bond donors (Lipinski definition) is 0. The normalized spacial score (nSPS) is 11.0. The monoisotopic (exact) mass is 396 g/mol. The van der Waals surface area contributed by atoms with Crippen molar-refractivity contribution in [1.82, 2.24) is 14.5 Å². The van der Waals surface area contributed by atoms with E-state index in [-0.39, 0.29) is 5.91 Å². The summed E-state index contributed by atoms with van der Waals surface area (Å²) in [6.45, 7) is 3.85. The molecule has 0 spiro atoms. The Morgan fingerprint density at radius 1 is 1.36 bits per heavy atom. The molecule has 0 saturated heterocycles. The van der Waals surface area contributed by atoms with E-state index in [4.69, 9.17) is 9.15 Å². The minimum atomic E-state index is -0.195. The highest BCUT2D eigenvalue weighted by Crippen LogP contribution is 2.32. The van der Waals surface area contributed by atoms with Crippen LogP contribution in [-0.2, 0) is 6.54 Å². The lowest BCUT2D eigenvalue weighted by Crippen LogP contribution is -2.32. The molecule has 8 heteroatoms. The zero-order chi connectivity index (χ0) is 19.3. The van der Waals surface area contributed by atoms with Gasteiger partial charge in [0, 0.05) is 25.5 Å². The summed E-state index contributed by atoms with van der Waals surface area (Å²) in [5.74, 6) is 0.908. The van der Waals surface area contributed by atoms with Crippen molar-refractivity contribution in [2.75, 3.05) is 18.1 Å². The minimum absolute atomic E-state index is 0.195. The first-order chi connectivity index (χ1) is 13.7. The van der Waals surface area contributed by atoms with Crippen molar-refractivity contribution in [2.24, 2.45) is 0 Å². The second kappa shape index (κ2) is 8.26. The van der Waals surface area contributed by atoms with Gasteiger partial charge in [0.25, 0.3) is 5.91 Å². The lowest BCUT2D eigenvalue weighted by molar-refractivity contribution is 0.0959. The van der Waals surface area contributed by atoms with Gasteiger partial charge in [-0.15, -0.1) is 0 Å². The third-order valence-electron chi connectivity index (χ3n) is 4.22. The molecular formula is C20H20N4O3S. The predicted molar refractivity (Wildman–Crippen MR) is 108 cm³/mol. The van der Waals surface area contributed by atoms with Crippen molar-refractivity contribution in [3.63, 3.8) is 0 Å². The first kappa shape index (κ1) is 18.2. The van der Waals surface area contributed by atoms with Crippen LogP contribution in [0.4, 0.5) is 5.13 Å². The average Bonchev–Trinajstić information content (AvgIpc) is 3.46. The first-order valence-corrected chi connectivity index (χ1v) is 9.90. The molecule has 4 aromatic rings. The molecule has 0 unspecified atom stereocenters. The molecule has 0 N–H and O–H groups in total. The molecule has 7 nitrogen and oxygen atoms in total. The second-order valence-electron chi connectivity index (χ2n) is 6.15. The van der Waals surface area contributed by atoms with E-state index < -0.39 is 0 Å². The number of aromatic nitrogens is 3. The number of fused-ring (bicyclic) bond motifs is 1. The van der Waals surface area contributed by atoms with Gasteiger partial charge in [0.1, 0.15) is 5.75 Å². The first-order valence-electron chi connectivity index (χ1n) is 9.09. The molecule has 1 aromatic carbocycles. The number of imidazole rings is 1. The van der Waals surface area contributed by atoms with Crippen LogP contribution in [0.2, 0.25) is 0 Å².